The molecule has 0 aliphatic carbocycles. The Hall–Kier alpha value is -1.73. The number of benzene rings is 1. The van der Waals surface area contributed by atoms with E-state index in [1.165, 1.54) is 18.1 Å². The Kier molecular flexibility index (Phi) is 4.51. The van der Waals surface area contributed by atoms with Gasteiger partial charge in [-0.15, -0.1) is 0 Å². The highest BCUT2D eigenvalue weighted by Gasteiger charge is 2.19. The van der Waals surface area contributed by atoms with Crippen molar-refractivity contribution >= 4 is 35.0 Å². The van der Waals surface area contributed by atoms with Crippen LogP contribution >= 0.6 is 23.4 Å². The number of carbonyl (C=O) groups is 1. The Morgan fingerprint density at radius 2 is 2.30 bits per heavy atom. The summed E-state index contributed by atoms with van der Waals surface area (Å²) in [7, 11) is 1.75. The molecule has 106 valence electrons. The molecule has 0 spiro atoms. The predicted octanol–water partition coefficient (Wildman–Crippen LogP) is 2.38. The first-order valence-electron chi connectivity index (χ1n) is 5.81. The van der Waals surface area contributed by atoms with Crippen LogP contribution in [0, 0.1) is 0 Å². The van der Waals surface area contributed by atoms with Crippen LogP contribution in [0.1, 0.15) is 17.3 Å². The molecule has 2 aromatic rings. The highest BCUT2D eigenvalue weighted by Crippen LogP contribution is 2.36. The zero-order valence-corrected chi connectivity index (χ0v) is 12.5. The van der Waals surface area contributed by atoms with Crippen molar-refractivity contribution in [2.45, 2.75) is 17.0 Å². The number of hydrogen-bond donors (Lipinski definition) is 1. The molecule has 0 aliphatic heterocycles. The Morgan fingerprint density at radius 3 is 2.90 bits per heavy atom. The molecule has 2 rings (SSSR count). The minimum absolute atomic E-state index is 0.277. The number of nitrogens with zero attached hydrogens (tertiary/aromatic N) is 3. The van der Waals surface area contributed by atoms with Crippen LogP contribution < -0.4 is 5.73 Å². The molecule has 1 aromatic carbocycles. The maximum absolute atomic E-state index is 12.0. The number of anilines is 1. The van der Waals surface area contributed by atoms with Crippen LogP contribution in [-0.4, -0.2) is 27.3 Å². The molecule has 0 saturated carbocycles. The quantitative estimate of drug-likeness (QED) is 0.689. The molecular formula is C12H13ClN4O2S. The minimum Gasteiger partial charge on any atom is -0.462 e. The van der Waals surface area contributed by atoms with Gasteiger partial charge in [-0.25, -0.2) is 14.5 Å². The van der Waals surface area contributed by atoms with Crippen LogP contribution in [0.15, 0.2) is 28.5 Å². The van der Waals surface area contributed by atoms with Crippen LogP contribution in [0.3, 0.4) is 0 Å². The Bertz CT molecular complexity index is 644. The first-order valence-corrected chi connectivity index (χ1v) is 7.00. The maximum Gasteiger partial charge on any atom is 0.339 e. The zero-order valence-electron chi connectivity index (χ0n) is 11.0. The van der Waals surface area contributed by atoms with Gasteiger partial charge in [0.25, 0.3) is 0 Å². The summed E-state index contributed by atoms with van der Waals surface area (Å²) >= 11 is 7.42. The van der Waals surface area contributed by atoms with Crippen molar-refractivity contribution in [3.63, 3.8) is 0 Å². The van der Waals surface area contributed by atoms with Crippen LogP contribution in [0.25, 0.3) is 0 Å². The lowest BCUT2D eigenvalue weighted by Crippen LogP contribution is -2.08. The molecule has 20 heavy (non-hydrogen) atoms. The molecule has 8 heteroatoms. The third-order valence-corrected chi connectivity index (χ3v) is 4.03. The number of ether oxygens (including phenoxy) is 1. The second-order valence-corrected chi connectivity index (χ2v) is 5.25. The highest BCUT2D eigenvalue weighted by atomic mass is 35.5. The third kappa shape index (κ3) is 3.05. The van der Waals surface area contributed by atoms with Gasteiger partial charge in [-0.2, -0.15) is 5.10 Å². The van der Waals surface area contributed by atoms with Gasteiger partial charge in [-0.05, 0) is 30.8 Å². The summed E-state index contributed by atoms with van der Waals surface area (Å²) in [4.78, 5) is 16.6. The number of nitrogens with two attached hydrogens (primary N) is 1. The second-order valence-electron chi connectivity index (χ2n) is 3.87. The summed E-state index contributed by atoms with van der Waals surface area (Å²) in [5.74, 6) is -0.466. The van der Waals surface area contributed by atoms with E-state index in [1.54, 1.807) is 30.8 Å². The van der Waals surface area contributed by atoms with Crippen molar-refractivity contribution in [3.05, 3.63) is 29.0 Å². The van der Waals surface area contributed by atoms with E-state index in [2.05, 4.69) is 10.1 Å². The van der Waals surface area contributed by atoms with E-state index in [4.69, 9.17) is 22.1 Å². The summed E-state index contributed by atoms with van der Waals surface area (Å²) in [6.45, 7) is 2.01. The molecule has 0 aliphatic rings. The van der Waals surface area contributed by atoms with Crippen molar-refractivity contribution < 1.29 is 9.53 Å². The molecule has 1 heterocycles. The Balaban J connectivity index is 2.45. The number of esters is 1. The molecule has 0 unspecified atom stereocenters. The molecule has 2 N–H and O–H groups in total. The topological polar surface area (TPSA) is 83.0 Å². The highest BCUT2D eigenvalue weighted by molar-refractivity contribution is 7.99. The smallest absolute Gasteiger partial charge is 0.339 e. The third-order valence-electron chi connectivity index (χ3n) is 2.42. The molecule has 0 atom stereocenters. The van der Waals surface area contributed by atoms with Crippen molar-refractivity contribution in [3.8, 4) is 0 Å². The van der Waals surface area contributed by atoms with Crippen molar-refractivity contribution in [1.29, 1.82) is 0 Å². The van der Waals surface area contributed by atoms with E-state index in [-0.39, 0.29) is 6.61 Å². The first kappa shape index (κ1) is 14.7. The number of rotatable bonds is 4. The monoisotopic (exact) mass is 312 g/mol. The summed E-state index contributed by atoms with van der Waals surface area (Å²) in [6.07, 6.45) is 1.43. The van der Waals surface area contributed by atoms with Gasteiger partial charge in [-0.1, -0.05) is 11.6 Å². The van der Waals surface area contributed by atoms with E-state index in [0.717, 1.165) is 0 Å². The van der Waals surface area contributed by atoms with Gasteiger partial charge >= 0.3 is 5.97 Å². The standard InChI is InChI=1S/C12H13ClN4O2S/c1-3-19-11(18)8-4-7(14)5-9(13)10(8)20-12-15-6-16-17(12)2/h4-6H,3,14H2,1-2H3. The van der Waals surface area contributed by atoms with Crippen molar-refractivity contribution in [2.75, 3.05) is 12.3 Å². The largest absolute Gasteiger partial charge is 0.462 e. The fraction of sp³-hybridized carbons (Fsp3) is 0.250. The van der Waals surface area contributed by atoms with E-state index >= 15 is 0 Å². The number of aryl methyl sites for hydroxylation is 1. The van der Waals surface area contributed by atoms with Crippen molar-refractivity contribution in [1.82, 2.24) is 14.8 Å². The number of halogens is 1. The molecular weight excluding hydrogens is 300 g/mol. The normalized spacial score (nSPS) is 10.6. The summed E-state index contributed by atoms with van der Waals surface area (Å²) in [5.41, 5.74) is 6.46. The molecule has 0 amide bonds. The Labute approximate surface area is 125 Å². The zero-order chi connectivity index (χ0) is 14.7. The molecule has 0 fully saturated rings. The average Bonchev–Trinajstić information content (AvgIpc) is 2.78. The lowest BCUT2D eigenvalue weighted by molar-refractivity contribution is 0.0522. The fourth-order valence-corrected chi connectivity index (χ4v) is 2.76. The van der Waals surface area contributed by atoms with Crippen LogP contribution in [0.2, 0.25) is 5.02 Å². The fourth-order valence-electron chi connectivity index (χ4n) is 1.55. The predicted molar refractivity (Wildman–Crippen MR) is 76.9 cm³/mol. The number of hydrogen-bond acceptors (Lipinski definition) is 6. The van der Waals surface area contributed by atoms with Crippen molar-refractivity contribution in [2.24, 2.45) is 7.05 Å². The van der Waals surface area contributed by atoms with E-state index in [1.807, 2.05) is 0 Å². The second kappa shape index (κ2) is 6.15. The first-order chi connectivity index (χ1) is 9.52. The number of aromatic nitrogens is 3. The van der Waals surface area contributed by atoms with Gasteiger partial charge in [0.1, 0.15) is 6.33 Å². The molecule has 1 aromatic heterocycles. The van der Waals surface area contributed by atoms with E-state index in [0.29, 0.717) is 26.3 Å². The van der Waals surface area contributed by atoms with Crippen LogP contribution in [0.5, 0.6) is 0 Å². The lowest BCUT2D eigenvalue weighted by Gasteiger charge is -2.11. The molecule has 6 nitrogen and oxygen atoms in total. The SMILES string of the molecule is CCOC(=O)c1cc(N)cc(Cl)c1Sc1ncnn1C. The molecule has 0 saturated heterocycles. The summed E-state index contributed by atoms with van der Waals surface area (Å²) in [5, 5.41) is 4.96. The lowest BCUT2D eigenvalue weighted by atomic mass is 10.2. The molecule has 0 radical (unpaired) electrons. The Morgan fingerprint density at radius 1 is 1.55 bits per heavy atom. The van der Waals surface area contributed by atoms with Gasteiger partial charge < -0.3 is 10.5 Å². The van der Waals surface area contributed by atoms with Gasteiger partial charge in [0.2, 0.25) is 0 Å². The van der Waals surface area contributed by atoms with Gasteiger partial charge in [0.05, 0.1) is 17.2 Å². The number of nitrogen functional groups attached to an aromatic ring is 1. The van der Waals surface area contributed by atoms with Crippen LogP contribution in [0.4, 0.5) is 5.69 Å². The van der Waals surface area contributed by atoms with Gasteiger partial charge in [-0.3, -0.25) is 0 Å². The molecule has 0 bridgehead atoms. The van der Waals surface area contributed by atoms with Crippen LogP contribution in [-0.2, 0) is 11.8 Å². The average molecular weight is 313 g/mol. The minimum atomic E-state index is -0.466. The van der Waals surface area contributed by atoms with E-state index in [9.17, 15) is 4.79 Å². The maximum atomic E-state index is 12.0. The van der Waals surface area contributed by atoms with E-state index < -0.39 is 5.97 Å². The number of carbonyl (C=O) groups excluding carboxylic acids is 1. The summed E-state index contributed by atoms with van der Waals surface area (Å²) in [6, 6.07) is 3.13. The van der Waals surface area contributed by atoms with Gasteiger partial charge in [0, 0.05) is 17.6 Å². The van der Waals surface area contributed by atoms with Gasteiger partial charge in [0.15, 0.2) is 5.16 Å². The summed E-state index contributed by atoms with van der Waals surface area (Å²) < 4.78 is 6.61.